The third kappa shape index (κ3) is 4.84. The van der Waals surface area contributed by atoms with Crippen LogP contribution in [0.4, 0.5) is 0 Å². The second kappa shape index (κ2) is 9.23. The van der Waals surface area contributed by atoms with Gasteiger partial charge >= 0.3 is 0 Å². The Labute approximate surface area is 169 Å². The average Bonchev–Trinajstić information content (AvgIpc) is 2.97. The molecular formula is C22H32N2O3S. The topological polar surface area (TPSA) is 57.7 Å². The molecule has 154 valence electrons. The Morgan fingerprint density at radius 2 is 1.50 bits per heavy atom. The molecule has 1 aromatic rings. The maximum Gasteiger partial charge on any atom is 0.247 e. The fourth-order valence-corrected chi connectivity index (χ4v) is 5.81. The lowest BCUT2D eigenvalue weighted by Crippen LogP contribution is -2.46. The molecule has 2 aliphatic rings. The van der Waals surface area contributed by atoms with Gasteiger partial charge in [0.15, 0.2) is 0 Å². The first kappa shape index (κ1) is 21.1. The Bertz CT molecular complexity index is 784. The van der Waals surface area contributed by atoms with E-state index < -0.39 is 10.0 Å². The third-order valence-electron chi connectivity index (χ3n) is 5.95. The fourth-order valence-electron chi connectivity index (χ4n) is 4.29. The van der Waals surface area contributed by atoms with Crippen molar-refractivity contribution in [3.63, 3.8) is 0 Å². The molecule has 5 nitrogen and oxygen atoms in total. The zero-order valence-electron chi connectivity index (χ0n) is 17.0. The van der Waals surface area contributed by atoms with Crippen LogP contribution in [0.2, 0.25) is 0 Å². The smallest absolute Gasteiger partial charge is 0.247 e. The summed E-state index contributed by atoms with van der Waals surface area (Å²) < 4.78 is 27.3. The molecule has 1 aromatic carbocycles. The number of nitrogens with zero attached hydrogens (tertiary/aromatic N) is 2. The normalized spacial score (nSPS) is 25.0. The van der Waals surface area contributed by atoms with Gasteiger partial charge in [-0.05, 0) is 69.7 Å². The summed E-state index contributed by atoms with van der Waals surface area (Å²) in [5.74, 6) is 0.0287. The molecule has 2 aliphatic heterocycles. The lowest BCUT2D eigenvalue weighted by atomic mass is 9.97. The molecule has 2 heterocycles. The Morgan fingerprint density at radius 3 is 2.07 bits per heavy atom. The van der Waals surface area contributed by atoms with Crippen LogP contribution in [0.1, 0.15) is 64.4 Å². The predicted octanol–water partition coefficient (Wildman–Crippen LogP) is 4.05. The van der Waals surface area contributed by atoms with E-state index in [0.717, 1.165) is 44.1 Å². The minimum Gasteiger partial charge on any atom is -0.334 e. The first-order valence-electron chi connectivity index (χ1n) is 10.5. The summed E-state index contributed by atoms with van der Waals surface area (Å²) >= 11 is 0. The van der Waals surface area contributed by atoms with Gasteiger partial charge in [0.2, 0.25) is 15.9 Å². The van der Waals surface area contributed by atoms with E-state index in [4.69, 9.17) is 0 Å². The van der Waals surface area contributed by atoms with Crippen molar-refractivity contribution in [3.05, 3.63) is 35.9 Å². The number of hydrogen-bond acceptors (Lipinski definition) is 3. The van der Waals surface area contributed by atoms with Crippen LogP contribution < -0.4 is 0 Å². The first-order chi connectivity index (χ1) is 13.4. The zero-order valence-corrected chi connectivity index (χ0v) is 17.8. The van der Waals surface area contributed by atoms with Crippen LogP contribution in [0.15, 0.2) is 35.2 Å². The van der Waals surface area contributed by atoms with E-state index in [1.54, 1.807) is 40.7 Å². The summed E-state index contributed by atoms with van der Waals surface area (Å²) in [5, 5.41) is 0. The Balaban J connectivity index is 1.68. The lowest BCUT2D eigenvalue weighted by molar-refractivity contribution is -0.131. The summed E-state index contributed by atoms with van der Waals surface area (Å²) in [6, 6.07) is 7.38. The van der Waals surface area contributed by atoms with Crippen LogP contribution in [-0.2, 0) is 14.8 Å². The van der Waals surface area contributed by atoms with Crippen LogP contribution in [0, 0.1) is 0 Å². The molecule has 6 heteroatoms. The molecule has 28 heavy (non-hydrogen) atoms. The molecule has 2 saturated heterocycles. The van der Waals surface area contributed by atoms with Crippen LogP contribution in [0.25, 0.3) is 6.08 Å². The van der Waals surface area contributed by atoms with Crippen molar-refractivity contribution < 1.29 is 13.2 Å². The van der Waals surface area contributed by atoms with Crippen molar-refractivity contribution in [3.8, 4) is 0 Å². The van der Waals surface area contributed by atoms with E-state index in [1.165, 1.54) is 6.42 Å². The third-order valence-corrected chi connectivity index (χ3v) is 7.86. The van der Waals surface area contributed by atoms with Gasteiger partial charge in [-0.25, -0.2) is 8.42 Å². The maximum atomic E-state index is 12.8. The molecule has 0 aliphatic carbocycles. The lowest BCUT2D eigenvalue weighted by Gasteiger charge is -2.38. The molecule has 2 atom stereocenters. The van der Waals surface area contributed by atoms with E-state index in [1.807, 2.05) is 4.90 Å². The van der Waals surface area contributed by atoms with Gasteiger partial charge in [-0.1, -0.05) is 25.0 Å². The van der Waals surface area contributed by atoms with Gasteiger partial charge in [0, 0.05) is 31.2 Å². The molecule has 0 saturated carbocycles. The number of amides is 1. The summed E-state index contributed by atoms with van der Waals surface area (Å²) in [7, 11) is -3.43. The van der Waals surface area contributed by atoms with E-state index in [9.17, 15) is 13.2 Å². The van der Waals surface area contributed by atoms with Gasteiger partial charge < -0.3 is 4.90 Å². The van der Waals surface area contributed by atoms with Crippen molar-refractivity contribution in [2.75, 3.05) is 13.1 Å². The Morgan fingerprint density at radius 1 is 0.929 bits per heavy atom. The number of carbonyl (C=O) groups is 1. The van der Waals surface area contributed by atoms with Gasteiger partial charge in [0.05, 0.1) is 4.90 Å². The number of sulfonamides is 1. The first-order valence-corrected chi connectivity index (χ1v) is 11.9. The Kier molecular flexibility index (Phi) is 6.94. The van der Waals surface area contributed by atoms with Gasteiger partial charge in [0.25, 0.3) is 0 Å². The van der Waals surface area contributed by atoms with Crippen molar-refractivity contribution >= 4 is 22.0 Å². The molecule has 3 rings (SSSR count). The summed E-state index contributed by atoms with van der Waals surface area (Å²) in [5.41, 5.74) is 0.834. The summed E-state index contributed by atoms with van der Waals surface area (Å²) in [6.45, 7) is 5.41. The Hall–Kier alpha value is -1.66. The van der Waals surface area contributed by atoms with Crippen molar-refractivity contribution in [1.82, 2.24) is 9.21 Å². The molecule has 2 unspecified atom stereocenters. The fraction of sp³-hybridized carbons (Fsp3) is 0.591. The number of benzene rings is 1. The highest BCUT2D eigenvalue weighted by molar-refractivity contribution is 7.89. The molecule has 2 fully saturated rings. The molecule has 0 spiro atoms. The van der Waals surface area contributed by atoms with E-state index in [0.29, 0.717) is 18.0 Å². The highest BCUT2D eigenvalue weighted by atomic mass is 32.2. The number of likely N-dealkylation sites (tertiary alicyclic amines) is 1. The van der Waals surface area contributed by atoms with E-state index in [2.05, 4.69) is 13.8 Å². The van der Waals surface area contributed by atoms with Crippen molar-refractivity contribution in [2.24, 2.45) is 0 Å². The van der Waals surface area contributed by atoms with Crippen LogP contribution in [-0.4, -0.2) is 48.7 Å². The highest BCUT2D eigenvalue weighted by Crippen LogP contribution is 2.24. The highest BCUT2D eigenvalue weighted by Gasteiger charge is 2.27. The van der Waals surface area contributed by atoms with Crippen LogP contribution in [0.5, 0.6) is 0 Å². The maximum absolute atomic E-state index is 12.8. The molecular weight excluding hydrogens is 372 g/mol. The minimum absolute atomic E-state index is 0.0287. The van der Waals surface area contributed by atoms with Crippen molar-refractivity contribution in [1.29, 1.82) is 0 Å². The minimum atomic E-state index is -3.43. The number of hydrogen-bond donors (Lipinski definition) is 0. The number of carbonyl (C=O) groups excluding carboxylic acids is 1. The molecule has 0 N–H and O–H groups in total. The van der Waals surface area contributed by atoms with E-state index >= 15 is 0 Å². The average molecular weight is 405 g/mol. The molecule has 0 aromatic heterocycles. The monoisotopic (exact) mass is 404 g/mol. The SMILES string of the molecule is CC1CCCC(C)N1C(=O)/C=C/c1ccc(S(=O)(=O)N2CCCCCC2)cc1. The zero-order chi connectivity index (χ0) is 20.1. The molecule has 0 radical (unpaired) electrons. The summed E-state index contributed by atoms with van der Waals surface area (Å²) in [6.07, 6.45) is 10.7. The quantitative estimate of drug-likeness (QED) is 0.711. The van der Waals surface area contributed by atoms with Gasteiger partial charge in [0.1, 0.15) is 0 Å². The van der Waals surface area contributed by atoms with Gasteiger partial charge in [-0.15, -0.1) is 0 Å². The van der Waals surface area contributed by atoms with Crippen molar-refractivity contribution in [2.45, 2.75) is 75.8 Å². The van der Waals surface area contributed by atoms with Crippen LogP contribution in [0.3, 0.4) is 0 Å². The van der Waals surface area contributed by atoms with Gasteiger partial charge in [-0.3, -0.25) is 4.79 Å². The molecule has 0 bridgehead atoms. The standard InChI is InChI=1S/C22H32N2O3S/c1-18-8-7-9-19(2)24(18)22(25)15-12-20-10-13-21(14-11-20)28(26,27)23-16-5-3-4-6-17-23/h10-15,18-19H,3-9,16-17H2,1-2H3/b15-12+. The predicted molar refractivity (Wildman–Crippen MR) is 112 cm³/mol. The van der Waals surface area contributed by atoms with E-state index in [-0.39, 0.29) is 18.0 Å². The molecule has 1 amide bonds. The van der Waals surface area contributed by atoms with Gasteiger partial charge in [-0.2, -0.15) is 4.31 Å². The second-order valence-corrected chi connectivity index (χ2v) is 10.0. The number of rotatable bonds is 4. The largest absolute Gasteiger partial charge is 0.334 e. The number of piperidine rings is 1. The second-order valence-electron chi connectivity index (χ2n) is 8.10. The summed E-state index contributed by atoms with van der Waals surface area (Å²) in [4.78, 5) is 14.9. The van der Waals surface area contributed by atoms with Crippen LogP contribution >= 0.6 is 0 Å².